The lowest BCUT2D eigenvalue weighted by atomic mass is 10.1. The molecule has 0 bridgehead atoms. The maximum absolute atomic E-state index is 11.1. The van der Waals surface area contributed by atoms with Crippen molar-refractivity contribution in [3.8, 4) is 0 Å². The SMILES string of the molecule is CCCC1C=C(/C=C/CO)C(=O)O1. The summed E-state index contributed by atoms with van der Waals surface area (Å²) in [5.74, 6) is -0.289. The zero-order chi connectivity index (χ0) is 9.68. The lowest BCUT2D eigenvalue weighted by Crippen LogP contribution is -2.07. The van der Waals surface area contributed by atoms with Gasteiger partial charge in [-0.05, 0) is 18.6 Å². The number of ether oxygens (including phenoxy) is 1. The third-order valence-electron chi connectivity index (χ3n) is 1.84. The number of carbonyl (C=O) groups is 1. The third kappa shape index (κ3) is 2.70. The van der Waals surface area contributed by atoms with Crippen molar-refractivity contribution in [3.05, 3.63) is 23.8 Å². The van der Waals surface area contributed by atoms with Gasteiger partial charge in [0.1, 0.15) is 6.10 Å². The van der Waals surface area contributed by atoms with E-state index < -0.39 is 0 Å². The molecule has 0 radical (unpaired) electrons. The molecule has 0 amide bonds. The van der Waals surface area contributed by atoms with Crippen LogP contribution < -0.4 is 0 Å². The van der Waals surface area contributed by atoms with Gasteiger partial charge in [-0.2, -0.15) is 0 Å². The molecule has 0 aromatic carbocycles. The van der Waals surface area contributed by atoms with Crippen molar-refractivity contribution in [2.45, 2.75) is 25.9 Å². The van der Waals surface area contributed by atoms with E-state index in [1.807, 2.05) is 6.92 Å². The molecule has 1 aliphatic heterocycles. The first-order valence-electron chi connectivity index (χ1n) is 4.48. The van der Waals surface area contributed by atoms with Gasteiger partial charge in [-0.3, -0.25) is 0 Å². The zero-order valence-corrected chi connectivity index (χ0v) is 7.69. The van der Waals surface area contributed by atoms with Gasteiger partial charge in [0.25, 0.3) is 0 Å². The Kier molecular flexibility index (Phi) is 3.71. The van der Waals surface area contributed by atoms with Crippen LogP contribution in [-0.2, 0) is 9.53 Å². The molecule has 13 heavy (non-hydrogen) atoms. The smallest absolute Gasteiger partial charge is 0.338 e. The maximum Gasteiger partial charge on any atom is 0.338 e. The molecule has 1 N–H and O–H groups in total. The molecule has 0 saturated heterocycles. The van der Waals surface area contributed by atoms with Gasteiger partial charge in [0.2, 0.25) is 0 Å². The van der Waals surface area contributed by atoms with Crippen molar-refractivity contribution in [1.29, 1.82) is 0 Å². The van der Waals surface area contributed by atoms with E-state index in [0.717, 1.165) is 12.8 Å². The van der Waals surface area contributed by atoms with Crippen LogP contribution in [0.15, 0.2) is 23.8 Å². The first-order valence-corrected chi connectivity index (χ1v) is 4.48. The molecule has 0 saturated carbocycles. The van der Waals surface area contributed by atoms with Crippen molar-refractivity contribution in [2.75, 3.05) is 6.61 Å². The molecular weight excluding hydrogens is 168 g/mol. The number of esters is 1. The van der Waals surface area contributed by atoms with E-state index in [0.29, 0.717) is 5.57 Å². The number of aliphatic hydroxyl groups is 1. The topological polar surface area (TPSA) is 46.5 Å². The molecule has 1 atom stereocenters. The van der Waals surface area contributed by atoms with Crippen LogP contribution in [0.2, 0.25) is 0 Å². The normalized spacial score (nSPS) is 22.2. The van der Waals surface area contributed by atoms with Gasteiger partial charge in [-0.1, -0.05) is 19.4 Å². The highest BCUT2D eigenvalue weighted by atomic mass is 16.5. The van der Waals surface area contributed by atoms with E-state index in [1.54, 1.807) is 12.2 Å². The van der Waals surface area contributed by atoms with Gasteiger partial charge in [0, 0.05) is 0 Å². The summed E-state index contributed by atoms with van der Waals surface area (Å²) in [6.45, 7) is 1.99. The van der Waals surface area contributed by atoms with Crippen LogP contribution in [0.4, 0.5) is 0 Å². The minimum Gasteiger partial charge on any atom is -0.455 e. The molecule has 0 aromatic heterocycles. The number of carbonyl (C=O) groups excluding carboxylic acids is 1. The summed E-state index contributed by atoms with van der Waals surface area (Å²) in [6.07, 6.45) is 6.71. The Morgan fingerprint density at radius 3 is 3.08 bits per heavy atom. The van der Waals surface area contributed by atoms with Crippen molar-refractivity contribution in [3.63, 3.8) is 0 Å². The highest BCUT2D eigenvalue weighted by Crippen LogP contribution is 2.18. The average molecular weight is 182 g/mol. The Hall–Kier alpha value is -1.09. The summed E-state index contributed by atoms with van der Waals surface area (Å²) >= 11 is 0. The summed E-state index contributed by atoms with van der Waals surface area (Å²) < 4.78 is 5.05. The van der Waals surface area contributed by atoms with E-state index in [-0.39, 0.29) is 18.7 Å². The fourth-order valence-corrected chi connectivity index (χ4v) is 1.24. The molecule has 3 nitrogen and oxygen atoms in total. The van der Waals surface area contributed by atoms with Gasteiger partial charge in [0.15, 0.2) is 0 Å². The van der Waals surface area contributed by atoms with Crippen LogP contribution in [0.3, 0.4) is 0 Å². The van der Waals surface area contributed by atoms with Gasteiger partial charge < -0.3 is 9.84 Å². The lowest BCUT2D eigenvalue weighted by Gasteiger charge is -2.04. The summed E-state index contributed by atoms with van der Waals surface area (Å²) in [7, 11) is 0. The zero-order valence-electron chi connectivity index (χ0n) is 7.69. The number of cyclic esters (lactones) is 1. The molecule has 0 spiro atoms. The third-order valence-corrected chi connectivity index (χ3v) is 1.84. The van der Waals surface area contributed by atoms with Crippen LogP contribution in [-0.4, -0.2) is 23.8 Å². The van der Waals surface area contributed by atoms with E-state index in [1.165, 1.54) is 6.08 Å². The standard InChI is InChI=1S/C10H14O3/c1-2-4-9-7-8(5-3-6-11)10(12)13-9/h3,5,7,9,11H,2,4,6H2,1H3/b5-3+. The van der Waals surface area contributed by atoms with Crippen molar-refractivity contribution in [2.24, 2.45) is 0 Å². The van der Waals surface area contributed by atoms with Gasteiger partial charge >= 0.3 is 5.97 Å². The van der Waals surface area contributed by atoms with Crippen LogP contribution in [0, 0.1) is 0 Å². The Labute approximate surface area is 77.7 Å². The second kappa shape index (κ2) is 4.82. The molecule has 0 fully saturated rings. The van der Waals surface area contributed by atoms with E-state index in [2.05, 4.69) is 0 Å². The largest absolute Gasteiger partial charge is 0.455 e. The highest BCUT2D eigenvalue weighted by Gasteiger charge is 2.22. The first-order chi connectivity index (χ1) is 6.27. The summed E-state index contributed by atoms with van der Waals surface area (Å²) in [4.78, 5) is 11.1. The van der Waals surface area contributed by atoms with Crippen LogP contribution in [0.5, 0.6) is 0 Å². The Balaban J connectivity index is 2.57. The molecule has 1 rings (SSSR count). The Morgan fingerprint density at radius 2 is 2.46 bits per heavy atom. The average Bonchev–Trinajstić information content (AvgIpc) is 2.44. The molecule has 1 heterocycles. The minimum absolute atomic E-state index is 0.0525. The fraction of sp³-hybridized carbons (Fsp3) is 0.500. The second-order valence-corrected chi connectivity index (χ2v) is 2.94. The number of hydrogen-bond acceptors (Lipinski definition) is 3. The Morgan fingerprint density at radius 1 is 1.69 bits per heavy atom. The van der Waals surface area contributed by atoms with Gasteiger partial charge in [-0.15, -0.1) is 0 Å². The predicted molar refractivity (Wildman–Crippen MR) is 49.1 cm³/mol. The van der Waals surface area contributed by atoms with Crippen molar-refractivity contribution in [1.82, 2.24) is 0 Å². The predicted octanol–water partition coefficient (Wildman–Crippen LogP) is 1.19. The van der Waals surface area contributed by atoms with Crippen molar-refractivity contribution < 1.29 is 14.6 Å². The molecule has 72 valence electrons. The van der Waals surface area contributed by atoms with Crippen LogP contribution in [0.1, 0.15) is 19.8 Å². The van der Waals surface area contributed by atoms with E-state index in [4.69, 9.17) is 9.84 Å². The molecular formula is C10H14O3. The quantitative estimate of drug-likeness (QED) is 0.664. The van der Waals surface area contributed by atoms with Gasteiger partial charge in [0.05, 0.1) is 12.2 Å². The molecule has 1 unspecified atom stereocenters. The van der Waals surface area contributed by atoms with Crippen molar-refractivity contribution >= 4 is 5.97 Å². The number of rotatable bonds is 4. The van der Waals surface area contributed by atoms with Crippen LogP contribution >= 0.6 is 0 Å². The molecule has 1 aliphatic rings. The first kappa shape index (κ1) is 9.99. The van der Waals surface area contributed by atoms with E-state index in [9.17, 15) is 4.79 Å². The fourth-order valence-electron chi connectivity index (χ4n) is 1.24. The maximum atomic E-state index is 11.1. The lowest BCUT2D eigenvalue weighted by molar-refractivity contribution is -0.139. The minimum atomic E-state index is -0.289. The van der Waals surface area contributed by atoms with E-state index >= 15 is 0 Å². The highest BCUT2D eigenvalue weighted by molar-refractivity contribution is 5.93. The monoisotopic (exact) mass is 182 g/mol. The number of aliphatic hydroxyl groups excluding tert-OH is 1. The van der Waals surface area contributed by atoms with Crippen LogP contribution in [0.25, 0.3) is 0 Å². The summed E-state index contributed by atoms with van der Waals surface area (Å²) in [5, 5.41) is 8.52. The molecule has 3 heteroatoms. The second-order valence-electron chi connectivity index (χ2n) is 2.94. The summed E-state index contributed by atoms with van der Waals surface area (Å²) in [6, 6.07) is 0. The Bertz CT molecular complexity index is 241. The molecule has 0 aliphatic carbocycles. The summed E-state index contributed by atoms with van der Waals surface area (Å²) in [5.41, 5.74) is 0.549. The van der Waals surface area contributed by atoms with Gasteiger partial charge in [-0.25, -0.2) is 4.79 Å². The molecule has 0 aromatic rings. The number of hydrogen-bond donors (Lipinski definition) is 1.